The molecule has 27 heavy (non-hydrogen) atoms. The molecular weight excluding hydrogens is 370 g/mol. The first-order chi connectivity index (χ1) is 12.6. The van der Waals surface area contributed by atoms with E-state index < -0.39 is 20.2 Å². The number of nitrogens with zero attached hydrogens (tertiary/aromatic N) is 1. The highest BCUT2D eigenvalue weighted by Crippen LogP contribution is 2.37. The molecule has 144 valence electrons. The second-order valence-electron chi connectivity index (χ2n) is 7.40. The minimum absolute atomic E-state index is 0.0385. The topological polar surface area (TPSA) is 99.0 Å². The summed E-state index contributed by atoms with van der Waals surface area (Å²) in [5.41, 5.74) is 0.0393. The molecule has 2 aromatic carbocycles. The fourth-order valence-corrected chi connectivity index (χ4v) is 4.52. The van der Waals surface area contributed by atoms with Crippen LogP contribution in [0.4, 0.5) is 5.69 Å². The quantitative estimate of drug-likeness (QED) is 0.424. The molecule has 0 spiro atoms. The largest absolute Gasteiger partial charge is 0.489 e. The summed E-state index contributed by atoms with van der Waals surface area (Å²) in [6, 6.07) is 10.3. The number of rotatable bonds is 6. The molecule has 1 unspecified atom stereocenters. The summed E-state index contributed by atoms with van der Waals surface area (Å²) in [6.45, 7) is 6.46. The van der Waals surface area contributed by atoms with E-state index in [1.54, 1.807) is 24.3 Å². The molecule has 0 bridgehead atoms. The predicted molar refractivity (Wildman–Crippen MR) is 98.9 cm³/mol. The second-order valence-corrected chi connectivity index (χ2v) is 9.29. The van der Waals surface area contributed by atoms with E-state index in [2.05, 4.69) is 0 Å². The summed E-state index contributed by atoms with van der Waals surface area (Å²) in [5.74, 6) is -0.0385. The van der Waals surface area contributed by atoms with E-state index in [4.69, 9.17) is 9.47 Å². The van der Waals surface area contributed by atoms with Crippen molar-refractivity contribution in [1.82, 2.24) is 0 Å². The first-order valence-electron chi connectivity index (χ1n) is 8.48. The summed E-state index contributed by atoms with van der Waals surface area (Å²) in [7, 11) is -3.94. The van der Waals surface area contributed by atoms with Gasteiger partial charge in [-0.1, -0.05) is 39.0 Å². The lowest BCUT2D eigenvalue weighted by Gasteiger charge is -2.23. The molecule has 1 fully saturated rings. The van der Waals surface area contributed by atoms with Crippen LogP contribution in [-0.2, 0) is 20.0 Å². The molecule has 1 aliphatic rings. The van der Waals surface area contributed by atoms with Gasteiger partial charge in [0.25, 0.3) is 5.69 Å². The molecule has 0 aliphatic carbocycles. The average molecular weight is 391 g/mol. The maximum Gasteiger partial charge on any atom is 0.273 e. The zero-order valence-corrected chi connectivity index (χ0v) is 16.2. The number of sulfone groups is 1. The van der Waals surface area contributed by atoms with Crippen molar-refractivity contribution in [2.24, 2.45) is 0 Å². The molecule has 7 nitrogen and oxygen atoms in total. The Morgan fingerprint density at radius 3 is 2.44 bits per heavy atom. The Morgan fingerprint density at radius 2 is 1.85 bits per heavy atom. The summed E-state index contributed by atoms with van der Waals surface area (Å²) >= 11 is 0. The molecule has 8 heteroatoms. The van der Waals surface area contributed by atoms with Crippen LogP contribution in [-0.4, -0.2) is 32.7 Å². The monoisotopic (exact) mass is 391 g/mol. The number of non-ortho nitro benzene ring substituents is 1. The third-order valence-corrected chi connectivity index (χ3v) is 6.09. The van der Waals surface area contributed by atoms with Gasteiger partial charge >= 0.3 is 0 Å². The molecule has 3 rings (SSSR count). The standard InChI is InChI=1S/C19H21NO6S/c1-19(2,3)15-6-4-5-7-17(15)27(23,24)18-9-8-13(20(21)22)10-16(18)26-12-14-11-25-14/h4-10,14H,11-12H2,1-3H3. The maximum atomic E-state index is 13.4. The SMILES string of the molecule is CC(C)(C)c1ccccc1S(=O)(=O)c1ccc([N+](=O)[O-])cc1OCC1CO1. The number of nitro benzene ring substituents is 1. The van der Waals surface area contributed by atoms with E-state index in [0.29, 0.717) is 12.2 Å². The van der Waals surface area contributed by atoms with Crippen LogP contribution in [0.2, 0.25) is 0 Å². The lowest BCUT2D eigenvalue weighted by molar-refractivity contribution is -0.385. The van der Waals surface area contributed by atoms with Crippen LogP contribution >= 0.6 is 0 Å². The summed E-state index contributed by atoms with van der Waals surface area (Å²) < 4.78 is 37.4. The van der Waals surface area contributed by atoms with E-state index in [-0.39, 0.29) is 33.9 Å². The summed E-state index contributed by atoms with van der Waals surface area (Å²) in [6.07, 6.45) is -0.110. The normalized spacial score (nSPS) is 16.8. The molecule has 1 heterocycles. The minimum atomic E-state index is -3.94. The highest BCUT2D eigenvalue weighted by molar-refractivity contribution is 7.91. The van der Waals surface area contributed by atoms with Gasteiger partial charge in [0.2, 0.25) is 9.84 Å². The van der Waals surface area contributed by atoms with Crippen LogP contribution in [0.1, 0.15) is 26.3 Å². The highest BCUT2D eigenvalue weighted by atomic mass is 32.2. The van der Waals surface area contributed by atoms with Gasteiger partial charge in [-0.2, -0.15) is 0 Å². The van der Waals surface area contributed by atoms with Gasteiger partial charge in [0.15, 0.2) is 0 Å². The van der Waals surface area contributed by atoms with Crippen LogP contribution < -0.4 is 4.74 Å². The molecule has 0 saturated carbocycles. The van der Waals surface area contributed by atoms with Gasteiger partial charge in [-0.3, -0.25) is 10.1 Å². The first-order valence-corrected chi connectivity index (χ1v) is 9.96. The Bertz CT molecular complexity index is 974. The molecule has 0 radical (unpaired) electrons. The van der Waals surface area contributed by atoms with Crippen LogP contribution in [0.5, 0.6) is 5.75 Å². The third kappa shape index (κ3) is 4.12. The predicted octanol–water partition coefficient (Wildman–Crippen LogP) is 3.50. The Balaban J connectivity index is 2.12. The number of benzene rings is 2. The van der Waals surface area contributed by atoms with Gasteiger partial charge in [0.1, 0.15) is 23.4 Å². The number of nitro groups is 1. The van der Waals surface area contributed by atoms with E-state index >= 15 is 0 Å². The van der Waals surface area contributed by atoms with Crippen molar-refractivity contribution in [2.45, 2.75) is 42.1 Å². The molecule has 1 atom stereocenters. The van der Waals surface area contributed by atoms with Gasteiger partial charge in [-0.05, 0) is 23.1 Å². The van der Waals surface area contributed by atoms with Gasteiger partial charge < -0.3 is 9.47 Å². The molecule has 2 aromatic rings. The number of hydrogen-bond acceptors (Lipinski definition) is 6. The highest BCUT2D eigenvalue weighted by Gasteiger charge is 2.31. The smallest absolute Gasteiger partial charge is 0.273 e. The lowest BCUT2D eigenvalue weighted by atomic mass is 9.87. The first kappa shape index (κ1) is 19.3. The molecule has 1 saturated heterocycles. The van der Waals surface area contributed by atoms with Crippen molar-refractivity contribution in [1.29, 1.82) is 0 Å². The molecule has 0 amide bonds. The van der Waals surface area contributed by atoms with Crippen molar-refractivity contribution < 1.29 is 22.8 Å². The van der Waals surface area contributed by atoms with Crippen LogP contribution in [0.25, 0.3) is 0 Å². The van der Waals surface area contributed by atoms with Crippen LogP contribution in [0.15, 0.2) is 52.3 Å². The van der Waals surface area contributed by atoms with Gasteiger partial charge in [-0.15, -0.1) is 0 Å². The average Bonchev–Trinajstić information content (AvgIpc) is 3.43. The van der Waals surface area contributed by atoms with Crippen LogP contribution in [0, 0.1) is 10.1 Å². The fraction of sp³-hybridized carbons (Fsp3) is 0.368. The van der Waals surface area contributed by atoms with Crippen molar-refractivity contribution in [2.75, 3.05) is 13.2 Å². The molecule has 1 aliphatic heterocycles. The molecule has 0 N–H and O–H groups in total. The van der Waals surface area contributed by atoms with Crippen LogP contribution in [0.3, 0.4) is 0 Å². The van der Waals surface area contributed by atoms with Gasteiger partial charge in [0, 0.05) is 6.07 Å². The van der Waals surface area contributed by atoms with Gasteiger partial charge in [0.05, 0.1) is 22.5 Å². The van der Waals surface area contributed by atoms with Crippen molar-refractivity contribution in [3.05, 3.63) is 58.1 Å². The fourth-order valence-electron chi connectivity index (χ4n) is 2.73. The zero-order valence-electron chi connectivity index (χ0n) is 15.3. The van der Waals surface area contributed by atoms with E-state index in [1.807, 2.05) is 20.8 Å². The van der Waals surface area contributed by atoms with E-state index in [0.717, 1.165) is 6.07 Å². The minimum Gasteiger partial charge on any atom is -0.489 e. The van der Waals surface area contributed by atoms with E-state index in [9.17, 15) is 18.5 Å². The molecule has 0 aromatic heterocycles. The molecular formula is C19H21NO6S. The number of ether oxygens (including phenoxy) is 2. The maximum absolute atomic E-state index is 13.4. The number of epoxide rings is 1. The Morgan fingerprint density at radius 1 is 1.19 bits per heavy atom. The van der Waals surface area contributed by atoms with Crippen molar-refractivity contribution in [3.8, 4) is 5.75 Å². The summed E-state index contributed by atoms with van der Waals surface area (Å²) in [4.78, 5) is 10.6. The Labute approximate surface area is 158 Å². The van der Waals surface area contributed by atoms with Crippen molar-refractivity contribution >= 4 is 15.5 Å². The van der Waals surface area contributed by atoms with Gasteiger partial charge in [-0.25, -0.2) is 8.42 Å². The number of hydrogen-bond donors (Lipinski definition) is 0. The second kappa shape index (κ2) is 6.94. The van der Waals surface area contributed by atoms with E-state index in [1.165, 1.54) is 12.1 Å². The van der Waals surface area contributed by atoms with Crippen molar-refractivity contribution in [3.63, 3.8) is 0 Å². The third-order valence-electron chi connectivity index (χ3n) is 4.24. The lowest BCUT2D eigenvalue weighted by Crippen LogP contribution is -2.17. The summed E-state index contributed by atoms with van der Waals surface area (Å²) in [5, 5.41) is 11.1. The Kier molecular flexibility index (Phi) is 4.96. The zero-order chi connectivity index (χ0) is 19.8. The Hall–Kier alpha value is -2.45.